The predicted molar refractivity (Wildman–Crippen MR) is 94.9 cm³/mol. The van der Waals surface area contributed by atoms with Crippen LogP contribution in [0, 0.1) is 24.1 Å². The van der Waals surface area contributed by atoms with Crippen LogP contribution in [0.1, 0.15) is 36.9 Å². The Morgan fingerprint density at radius 1 is 1.22 bits per heavy atom. The van der Waals surface area contributed by atoms with Crippen LogP contribution in [0.4, 0.5) is 4.39 Å². The minimum Gasteiger partial charge on any atom is -0.472 e. The molecule has 3 rings (SSSR count). The molecule has 1 aliphatic carbocycles. The normalized spacial score (nSPS) is 20.0. The molecular weight excluding hydrogens is 371 g/mol. The van der Waals surface area contributed by atoms with Crippen molar-refractivity contribution in [1.82, 2.24) is 14.7 Å². The highest BCUT2D eigenvalue weighted by Gasteiger charge is 2.28. The largest absolute Gasteiger partial charge is 0.472 e. The first-order chi connectivity index (χ1) is 12.9. The van der Waals surface area contributed by atoms with E-state index >= 15 is 0 Å². The van der Waals surface area contributed by atoms with Crippen molar-refractivity contribution in [2.45, 2.75) is 49.6 Å². The first kappa shape index (κ1) is 19.2. The highest BCUT2D eigenvalue weighted by Crippen LogP contribution is 2.25. The fourth-order valence-corrected chi connectivity index (χ4v) is 4.67. The van der Waals surface area contributed by atoms with Crippen LogP contribution < -0.4 is 9.46 Å². The smallest absolute Gasteiger partial charge is 0.251 e. The molecule has 142 valence electrons. The van der Waals surface area contributed by atoms with E-state index in [0.29, 0.717) is 31.2 Å². The molecule has 0 unspecified atom stereocenters. The van der Waals surface area contributed by atoms with Crippen molar-refractivity contribution in [3.8, 4) is 11.9 Å². The van der Waals surface area contributed by atoms with E-state index in [4.69, 9.17) is 10.00 Å². The molecule has 1 fully saturated rings. The molecule has 0 amide bonds. The third-order valence-corrected chi connectivity index (χ3v) is 6.15. The lowest BCUT2D eigenvalue weighted by Gasteiger charge is -2.29. The molecule has 1 heterocycles. The fourth-order valence-electron chi connectivity index (χ4n) is 3.14. The summed E-state index contributed by atoms with van der Waals surface area (Å²) < 4.78 is 46.8. The van der Waals surface area contributed by atoms with Gasteiger partial charge in [-0.05, 0) is 56.4 Å². The van der Waals surface area contributed by atoms with Gasteiger partial charge in [-0.3, -0.25) is 0 Å². The van der Waals surface area contributed by atoms with Gasteiger partial charge in [0.1, 0.15) is 18.0 Å². The molecule has 2 aromatic rings. The zero-order chi connectivity index (χ0) is 19.4. The van der Waals surface area contributed by atoms with E-state index in [1.54, 1.807) is 6.92 Å². The third-order valence-electron chi connectivity index (χ3n) is 4.47. The van der Waals surface area contributed by atoms with Crippen LogP contribution >= 0.6 is 0 Å². The number of hydrogen-bond acceptors (Lipinski definition) is 6. The molecule has 1 N–H and O–H groups in total. The molecule has 1 aliphatic rings. The topological polar surface area (TPSA) is 105 Å². The maximum Gasteiger partial charge on any atom is 0.251 e. The van der Waals surface area contributed by atoms with Gasteiger partial charge in [-0.2, -0.15) is 5.26 Å². The van der Waals surface area contributed by atoms with Gasteiger partial charge in [0.05, 0.1) is 4.90 Å². The maximum absolute atomic E-state index is 13.2. The minimum absolute atomic E-state index is 0.0838. The minimum atomic E-state index is -3.72. The van der Waals surface area contributed by atoms with E-state index in [-0.39, 0.29) is 28.6 Å². The second-order valence-corrected chi connectivity index (χ2v) is 8.13. The first-order valence-electron chi connectivity index (χ1n) is 8.55. The average molecular weight is 390 g/mol. The zero-order valence-electron chi connectivity index (χ0n) is 14.7. The van der Waals surface area contributed by atoms with Gasteiger partial charge in [0.2, 0.25) is 15.7 Å². The van der Waals surface area contributed by atoms with Crippen molar-refractivity contribution in [2.75, 3.05) is 0 Å². The molecule has 0 radical (unpaired) electrons. The Hall–Kier alpha value is -2.57. The summed E-state index contributed by atoms with van der Waals surface area (Å²) in [6, 6.07) is 5.33. The van der Waals surface area contributed by atoms with Crippen LogP contribution in [-0.2, 0) is 10.0 Å². The van der Waals surface area contributed by atoms with Crippen molar-refractivity contribution in [3.63, 3.8) is 0 Å². The molecule has 1 saturated carbocycles. The highest BCUT2D eigenvalue weighted by atomic mass is 32.2. The van der Waals surface area contributed by atoms with E-state index in [1.165, 1.54) is 24.5 Å². The summed E-state index contributed by atoms with van der Waals surface area (Å²) in [7, 11) is -3.72. The Bertz CT molecular complexity index is 967. The number of benzene rings is 1. The van der Waals surface area contributed by atoms with Crippen LogP contribution in [0.5, 0.6) is 5.88 Å². The van der Waals surface area contributed by atoms with Crippen molar-refractivity contribution < 1.29 is 17.5 Å². The van der Waals surface area contributed by atoms with Gasteiger partial charge in [0.25, 0.3) is 5.88 Å². The average Bonchev–Trinajstić information content (AvgIpc) is 2.63. The van der Waals surface area contributed by atoms with E-state index in [0.717, 1.165) is 6.07 Å². The van der Waals surface area contributed by atoms with Gasteiger partial charge in [-0.15, -0.1) is 0 Å². The Morgan fingerprint density at radius 2 is 1.93 bits per heavy atom. The lowest BCUT2D eigenvalue weighted by atomic mass is 9.94. The second-order valence-electron chi connectivity index (χ2n) is 6.44. The molecule has 9 heteroatoms. The summed E-state index contributed by atoms with van der Waals surface area (Å²) in [6.07, 6.45) is 5.16. The van der Waals surface area contributed by atoms with Gasteiger partial charge in [0.15, 0.2) is 0 Å². The Balaban J connectivity index is 1.60. The van der Waals surface area contributed by atoms with Crippen LogP contribution in [0.2, 0.25) is 0 Å². The molecule has 0 saturated heterocycles. The number of nitrogens with zero attached hydrogens (tertiary/aromatic N) is 3. The van der Waals surface area contributed by atoms with E-state index in [2.05, 4.69) is 14.7 Å². The lowest BCUT2D eigenvalue weighted by molar-refractivity contribution is 0.137. The zero-order valence-corrected chi connectivity index (χ0v) is 15.5. The van der Waals surface area contributed by atoms with Crippen molar-refractivity contribution in [2.24, 2.45) is 0 Å². The number of hydrogen-bond donors (Lipinski definition) is 1. The van der Waals surface area contributed by atoms with E-state index < -0.39 is 15.8 Å². The number of aromatic nitrogens is 2. The van der Waals surface area contributed by atoms with Crippen molar-refractivity contribution >= 4 is 10.0 Å². The van der Waals surface area contributed by atoms with E-state index in [1.807, 2.05) is 6.07 Å². The van der Waals surface area contributed by atoms with Gasteiger partial charge < -0.3 is 4.74 Å². The number of ether oxygens (including phenoxy) is 1. The Morgan fingerprint density at radius 3 is 2.59 bits per heavy atom. The van der Waals surface area contributed by atoms with Gasteiger partial charge in [-0.1, -0.05) is 0 Å². The quantitative estimate of drug-likeness (QED) is 0.841. The summed E-state index contributed by atoms with van der Waals surface area (Å²) in [5, 5.41) is 9.03. The number of nitriles is 1. The van der Waals surface area contributed by atoms with Crippen LogP contribution in [0.25, 0.3) is 0 Å². The SMILES string of the molecule is Cc1cc(F)ccc1S(=O)(=O)NC1CCC(Oc2nccnc2C#N)CC1. The summed E-state index contributed by atoms with van der Waals surface area (Å²) in [6.45, 7) is 1.57. The maximum atomic E-state index is 13.2. The highest BCUT2D eigenvalue weighted by molar-refractivity contribution is 7.89. The standard InChI is InChI=1S/C18H19FN4O3S/c1-12-10-13(19)2-7-17(12)27(24,25)23-14-3-5-15(6-4-14)26-18-16(11-20)21-8-9-22-18/h2,7-10,14-15,23H,3-6H2,1H3. The molecule has 1 aromatic carbocycles. The Labute approximate surface area is 157 Å². The van der Waals surface area contributed by atoms with Gasteiger partial charge in [-0.25, -0.2) is 27.5 Å². The summed E-state index contributed by atoms with van der Waals surface area (Å²) in [5.41, 5.74) is 0.498. The summed E-state index contributed by atoms with van der Waals surface area (Å²) in [4.78, 5) is 8.02. The Kier molecular flexibility index (Phi) is 5.68. The lowest BCUT2D eigenvalue weighted by Crippen LogP contribution is -2.40. The predicted octanol–water partition coefficient (Wildman–Crippen LogP) is 2.46. The molecule has 0 atom stereocenters. The second kappa shape index (κ2) is 7.98. The summed E-state index contributed by atoms with van der Waals surface area (Å²) >= 11 is 0. The third kappa shape index (κ3) is 4.59. The molecular formula is C18H19FN4O3S. The number of rotatable bonds is 5. The molecule has 7 nitrogen and oxygen atoms in total. The van der Waals surface area contributed by atoms with Gasteiger partial charge in [0, 0.05) is 18.4 Å². The number of aryl methyl sites for hydroxylation is 1. The number of nitrogens with one attached hydrogen (secondary N) is 1. The van der Waals surface area contributed by atoms with Crippen LogP contribution in [0.15, 0.2) is 35.5 Å². The van der Waals surface area contributed by atoms with Crippen molar-refractivity contribution in [3.05, 3.63) is 47.7 Å². The fraction of sp³-hybridized carbons (Fsp3) is 0.389. The van der Waals surface area contributed by atoms with Crippen LogP contribution in [-0.4, -0.2) is 30.5 Å². The monoisotopic (exact) mass is 390 g/mol. The number of sulfonamides is 1. The number of halogens is 1. The molecule has 27 heavy (non-hydrogen) atoms. The van der Waals surface area contributed by atoms with E-state index in [9.17, 15) is 12.8 Å². The molecule has 0 aliphatic heterocycles. The molecule has 0 spiro atoms. The van der Waals surface area contributed by atoms with Crippen LogP contribution in [0.3, 0.4) is 0 Å². The van der Waals surface area contributed by atoms with Gasteiger partial charge >= 0.3 is 0 Å². The molecule has 0 bridgehead atoms. The van der Waals surface area contributed by atoms with Crippen molar-refractivity contribution in [1.29, 1.82) is 5.26 Å². The first-order valence-corrected chi connectivity index (χ1v) is 10.0. The molecule has 1 aromatic heterocycles. The summed E-state index contributed by atoms with van der Waals surface area (Å²) in [5.74, 6) is -0.268.